The first-order chi connectivity index (χ1) is 15.1. The topological polar surface area (TPSA) is 59.0 Å². The van der Waals surface area contributed by atoms with Crippen molar-refractivity contribution in [2.75, 3.05) is 63.2 Å². The number of pyridine rings is 1. The summed E-state index contributed by atoms with van der Waals surface area (Å²) in [5.74, 6) is 1.92. The maximum atomic E-state index is 4.59. The van der Waals surface area contributed by atoms with Crippen molar-refractivity contribution in [1.82, 2.24) is 20.5 Å². The molecule has 8 heteroatoms. The molecule has 2 N–H and O–H groups in total. The fourth-order valence-electron chi connectivity index (χ4n) is 4.22. The van der Waals surface area contributed by atoms with E-state index in [2.05, 4.69) is 85.7 Å². The van der Waals surface area contributed by atoms with Crippen molar-refractivity contribution < 1.29 is 0 Å². The van der Waals surface area contributed by atoms with Crippen molar-refractivity contribution in [1.29, 1.82) is 0 Å². The molecule has 2 saturated heterocycles. The van der Waals surface area contributed by atoms with E-state index in [0.717, 1.165) is 64.0 Å². The lowest BCUT2D eigenvalue weighted by Gasteiger charge is -2.33. The summed E-state index contributed by atoms with van der Waals surface area (Å²) in [4.78, 5) is 16.2. The molecule has 32 heavy (non-hydrogen) atoms. The monoisotopic (exact) mass is 549 g/mol. The molecule has 3 heterocycles. The maximum absolute atomic E-state index is 4.59. The third-order valence-electron chi connectivity index (χ3n) is 6.25. The fraction of sp³-hybridized carbons (Fsp3) is 0.500. The van der Waals surface area contributed by atoms with E-state index in [9.17, 15) is 0 Å². The molecule has 1 unspecified atom stereocenters. The van der Waals surface area contributed by atoms with Crippen molar-refractivity contribution in [3.05, 3.63) is 53.7 Å². The van der Waals surface area contributed by atoms with Gasteiger partial charge in [0.2, 0.25) is 0 Å². The highest BCUT2D eigenvalue weighted by Gasteiger charge is 2.23. The van der Waals surface area contributed by atoms with E-state index in [1.807, 2.05) is 13.2 Å². The Bertz CT molecular complexity index is 878. The Morgan fingerprint density at radius 2 is 1.81 bits per heavy atom. The molecule has 0 radical (unpaired) electrons. The Kier molecular flexibility index (Phi) is 8.98. The highest BCUT2D eigenvalue weighted by molar-refractivity contribution is 14.0. The molecular formula is C24H36IN7. The second-order valence-corrected chi connectivity index (χ2v) is 8.65. The minimum atomic E-state index is 0. The number of halogens is 1. The minimum absolute atomic E-state index is 0. The number of likely N-dealkylation sites (N-methyl/N-ethyl adjacent to an activating group) is 1. The number of rotatable bonds is 5. The van der Waals surface area contributed by atoms with Crippen LogP contribution in [0, 0.1) is 6.92 Å². The molecule has 2 aliphatic rings. The highest BCUT2D eigenvalue weighted by atomic mass is 127. The molecule has 0 saturated carbocycles. The van der Waals surface area contributed by atoms with E-state index >= 15 is 0 Å². The third kappa shape index (κ3) is 6.48. The average molecular weight is 550 g/mol. The summed E-state index contributed by atoms with van der Waals surface area (Å²) in [6.07, 6.45) is 3.02. The van der Waals surface area contributed by atoms with Crippen LogP contribution in [0.1, 0.15) is 17.5 Å². The molecule has 174 valence electrons. The van der Waals surface area contributed by atoms with Crippen molar-refractivity contribution in [2.24, 2.45) is 4.99 Å². The molecule has 0 bridgehead atoms. The van der Waals surface area contributed by atoms with Gasteiger partial charge in [-0.3, -0.25) is 4.99 Å². The van der Waals surface area contributed by atoms with Gasteiger partial charge in [0.1, 0.15) is 5.82 Å². The lowest BCUT2D eigenvalue weighted by Crippen LogP contribution is -2.45. The second kappa shape index (κ2) is 11.7. The molecule has 2 aromatic rings. The first-order valence-electron chi connectivity index (χ1n) is 11.3. The smallest absolute Gasteiger partial charge is 0.191 e. The number of benzene rings is 1. The van der Waals surface area contributed by atoms with Gasteiger partial charge in [-0.05, 0) is 50.2 Å². The van der Waals surface area contributed by atoms with E-state index in [4.69, 9.17) is 0 Å². The van der Waals surface area contributed by atoms with Crippen molar-refractivity contribution >= 4 is 41.4 Å². The normalized spacial score (nSPS) is 19.6. The molecule has 7 nitrogen and oxygen atoms in total. The Morgan fingerprint density at radius 3 is 2.53 bits per heavy atom. The first-order valence-corrected chi connectivity index (χ1v) is 11.3. The number of nitrogens with one attached hydrogen (secondary N) is 2. The van der Waals surface area contributed by atoms with Gasteiger partial charge < -0.3 is 25.3 Å². The predicted octanol–water partition coefficient (Wildman–Crippen LogP) is 2.70. The fourth-order valence-corrected chi connectivity index (χ4v) is 4.22. The van der Waals surface area contributed by atoms with Gasteiger partial charge in [0, 0.05) is 70.8 Å². The molecule has 1 aromatic carbocycles. The van der Waals surface area contributed by atoms with Gasteiger partial charge in [0.15, 0.2) is 5.96 Å². The SMILES string of the molecule is CN=C(NCc1ccnc(N2CCN(C)CC2)c1)NC1CCN(c2ccc(C)cc2)C1.I. The summed E-state index contributed by atoms with van der Waals surface area (Å²) in [5.41, 5.74) is 3.82. The minimum Gasteiger partial charge on any atom is -0.369 e. The van der Waals surface area contributed by atoms with Crippen LogP contribution in [-0.4, -0.2) is 75.2 Å². The van der Waals surface area contributed by atoms with E-state index in [-0.39, 0.29) is 24.0 Å². The van der Waals surface area contributed by atoms with Crippen LogP contribution in [0.2, 0.25) is 0 Å². The number of aromatic nitrogens is 1. The van der Waals surface area contributed by atoms with E-state index < -0.39 is 0 Å². The molecule has 1 atom stereocenters. The largest absolute Gasteiger partial charge is 0.369 e. The maximum Gasteiger partial charge on any atom is 0.191 e. The van der Waals surface area contributed by atoms with Gasteiger partial charge in [-0.1, -0.05) is 17.7 Å². The Labute approximate surface area is 209 Å². The van der Waals surface area contributed by atoms with Gasteiger partial charge in [-0.25, -0.2) is 4.98 Å². The number of guanidine groups is 1. The summed E-state index contributed by atoms with van der Waals surface area (Å²) < 4.78 is 0. The quantitative estimate of drug-likeness (QED) is 0.340. The number of nitrogens with zero attached hydrogens (tertiary/aromatic N) is 5. The van der Waals surface area contributed by atoms with Crippen LogP contribution < -0.4 is 20.4 Å². The van der Waals surface area contributed by atoms with E-state index in [1.165, 1.54) is 16.8 Å². The van der Waals surface area contributed by atoms with Crippen LogP contribution >= 0.6 is 24.0 Å². The molecule has 2 fully saturated rings. The van der Waals surface area contributed by atoms with E-state index in [1.54, 1.807) is 0 Å². The molecule has 0 amide bonds. The van der Waals surface area contributed by atoms with Crippen molar-refractivity contribution in [2.45, 2.75) is 25.9 Å². The number of piperazine rings is 1. The zero-order valence-corrected chi connectivity index (χ0v) is 21.8. The molecule has 1 aromatic heterocycles. The van der Waals surface area contributed by atoms with Gasteiger partial charge in [0.05, 0.1) is 0 Å². The van der Waals surface area contributed by atoms with Crippen LogP contribution in [0.3, 0.4) is 0 Å². The lowest BCUT2D eigenvalue weighted by molar-refractivity contribution is 0.312. The molecule has 0 aliphatic carbocycles. The van der Waals surface area contributed by atoms with Crippen LogP contribution in [0.5, 0.6) is 0 Å². The van der Waals surface area contributed by atoms with Gasteiger partial charge >= 0.3 is 0 Å². The summed E-state index contributed by atoms with van der Waals surface area (Å²) in [5, 5.41) is 7.07. The van der Waals surface area contributed by atoms with E-state index in [0.29, 0.717) is 6.04 Å². The second-order valence-electron chi connectivity index (χ2n) is 8.65. The zero-order chi connectivity index (χ0) is 21.6. The molecule has 4 rings (SSSR count). The number of aliphatic imine (C=N–C) groups is 1. The van der Waals surface area contributed by atoms with Crippen LogP contribution in [0.4, 0.5) is 11.5 Å². The Hall–Kier alpha value is -2.07. The third-order valence-corrected chi connectivity index (χ3v) is 6.25. The van der Waals surface area contributed by atoms with Crippen molar-refractivity contribution in [3.8, 4) is 0 Å². The molecule has 0 spiro atoms. The summed E-state index contributed by atoms with van der Waals surface area (Å²) in [6, 6.07) is 13.5. The standard InChI is InChI=1S/C24H35N7.HI/c1-19-4-6-22(7-5-19)31-11-9-21(18-31)28-24(25-2)27-17-20-8-10-26-23(16-20)30-14-12-29(3)13-15-30;/h4-8,10,16,21H,9,11-15,17-18H2,1-3H3,(H2,25,27,28);1H. The van der Waals surface area contributed by atoms with Crippen LogP contribution in [-0.2, 0) is 6.54 Å². The zero-order valence-electron chi connectivity index (χ0n) is 19.4. The number of hydrogen-bond donors (Lipinski definition) is 2. The lowest BCUT2D eigenvalue weighted by atomic mass is 10.2. The molecule has 2 aliphatic heterocycles. The summed E-state index contributed by atoms with van der Waals surface area (Å²) in [6.45, 7) is 9.15. The highest BCUT2D eigenvalue weighted by Crippen LogP contribution is 2.21. The average Bonchev–Trinajstić information content (AvgIpc) is 3.26. The number of aryl methyl sites for hydroxylation is 1. The first kappa shape index (κ1) is 24.6. The van der Waals surface area contributed by atoms with Crippen molar-refractivity contribution in [3.63, 3.8) is 0 Å². The summed E-state index contributed by atoms with van der Waals surface area (Å²) >= 11 is 0. The van der Waals surface area contributed by atoms with Gasteiger partial charge in [-0.15, -0.1) is 24.0 Å². The Balaban J connectivity index is 0.00000289. The van der Waals surface area contributed by atoms with Crippen LogP contribution in [0.15, 0.2) is 47.6 Å². The molecular weight excluding hydrogens is 513 g/mol. The number of hydrogen-bond acceptors (Lipinski definition) is 5. The summed E-state index contributed by atoms with van der Waals surface area (Å²) in [7, 11) is 4.01. The Morgan fingerprint density at radius 1 is 1.06 bits per heavy atom. The van der Waals surface area contributed by atoms with Gasteiger partial charge in [-0.2, -0.15) is 0 Å². The van der Waals surface area contributed by atoms with Crippen LogP contribution in [0.25, 0.3) is 0 Å². The predicted molar refractivity (Wildman–Crippen MR) is 144 cm³/mol. The number of anilines is 2. The van der Waals surface area contributed by atoms with Gasteiger partial charge in [0.25, 0.3) is 0 Å².